The van der Waals surface area contributed by atoms with Crippen molar-refractivity contribution in [1.29, 1.82) is 5.26 Å². The molecule has 0 spiro atoms. The molecule has 5 nitrogen and oxygen atoms in total. The third-order valence-corrected chi connectivity index (χ3v) is 3.44. The van der Waals surface area contributed by atoms with Crippen LogP contribution in [0.5, 0.6) is 5.75 Å². The molecule has 2 rings (SSSR count). The van der Waals surface area contributed by atoms with Crippen LogP contribution >= 0.6 is 0 Å². The van der Waals surface area contributed by atoms with Gasteiger partial charge in [0, 0.05) is 0 Å². The zero-order chi connectivity index (χ0) is 14.4. The van der Waals surface area contributed by atoms with E-state index in [4.69, 9.17) is 10.00 Å². The molecule has 1 aliphatic carbocycles. The van der Waals surface area contributed by atoms with Gasteiger partial charge in [-0.15, -0.1) is 0 Å². The molecular formula is C15H18N2O3. The molecule has 1 fully saturated rings. The Kier molecular flexibility index (Phi) is 4.97. The standard InChI is InChI=1S/C15H18N2O3/c16-9-11-5-1-4-8-14(11)20-10-15(19)17-12-6-2-3-7-13(12)18/h1,4-5,8,12-13,18H,2-3,6-7,10H2,(H,17,19)/t12-,13-/m1/s1. The summed E-state index contributed by atoms with van der Waals surface area (Å²) >= 11 is 0. The van der Waals surface area contributed by atoms with Gasteiger partial charge >= 0.3 is 0 Å². The van der Waals surface area contributed by atoms with Crippen LogP contribution in [0.3, 0.4) is 0 Å². The summed E-state index contributed by atoms with van der Waals surface area (Å²) in [5.74, 6) is 0.123. The molecule has 20 heavy (non-hydrogen) atoms. The third-order valence-electron chi connectivity index (χ3n) is 3.44. The number of aliphatic hydroxyl groups excluding tert-OH is 1. The van der Waals surface area contributed by atoms with E-state index < -0.39 is 6.10 Å². The molecule has 0 aromatic heterocycles. The molecule has 106 valence electrons. The highest BCUT2D eigenvalue weighted by atomic mass is 16.5. The molecule has 0 aliphatic heterocycles. The van der Waals surface area contributed by atoms with Crippen molar-refractivity contribution in [1.82, 2.24) is 5.32 Å². The van der Waals surface area contributed by atoms with Crippen LogP contribution in [0.2, 0.25) is 0 Å². The van der Waals surface area contributed by atoms with Gasteiger partial charge in [-0.2, -0.15) is 5.26 Å². The SMILES string of the molecule is N#Cc1ccccc1OCC(=O)N[C@@H]1CCCC[C@H]1O. The molecule has 0 unspecified atom stereocenters. The third kappa shape index (κ3) is 3.72. The average Bonchev–Trinajstić information content (AvgIpc) is 2.48. The molecular weight excluding hydrogens is 256 g/mol. The van der Waals surface area contributed by atoms with Crippen LogP contribution in [-0.2, 0) is 4.79 Å². The molecule has 1 amide bonds. The molecule has 5 heteroatoms. The van der Waals surface area contributed by atoms with E-state index in [9.17, 15) is 9.90 Å². The molecule has 0 bridgehead atoms. The highest BCUT2D eigenvalue weighted by Crippen LogP contribution is 2.19. The van der Waals surface area contributed by atoms with Gasteiger partial charge in [0.25, 0.3) is 5.91 Å². The van der Waals surface area contributed by atoms with E-state index >= 15 is 0 Å². The number of nitrogens with zero attached hydrogens (tertiary/aromatic N) is 1. The smallest absolute Gasteiger partial charge is 0.258 e. The van der Waals surface area contributed by atoms with Crippen LogP contribution in [0.25, 0.3) is 0 Å². The van der Waals surface area contributed by atoms with Gasteiger partial charge in [0.2, 0.25) is 0 Å². The zero-order valence-electron chi connectivity index (χ0n) is 11.2. The first-order valence-electron chi connectivity index (χ1n) is 6.80. The van der Waals surface area contributed by atoms with E-state index in [0.29, 0.717) is 11.3 Å². The van der Waals surface area contributed by atoms with Gasteiger partial charge in [0.1, 0.15) is 11.8 Å². The number of benzene rings is 1. The Balaban J connectivity index is 1.84. The Bertz CT molecular complexity index is 510. The van der Waals surface area contributed by atoms with E-state index in [1.807, 2.05) is 6.07 Å². The molecule has 2 N–H and O–H groups in total. The lowest BCUT2D eigenvalue weighted by molar-refractivity contribution is -0.125. The van der Waals surface area contributed by atoms with Crippen molar-refractivity contribution in [3.05, 3.63) is 29.8 Å². The Labute approximate surface area is 118 Å². The Morgan fingerprint density at radius 3 is 2.90 bits per heavy atom. The molecule has 1 aliphatic rings. The van der Waals surface area contributed by atoms with E-state index in [-0.39, 0.29) is 18.6 Å². The lowest BCUT2D eigenvalue weighted by Crippen LogP contribution is -2.46. The van der Waals surface area contributed by atoms with Crippen molar-refractivity contribution >= 4 is 5.91 Å². The summed E-state index contributed by atoms with van der Waals surface area (Å²) in [4.78, 5) is 11.8. The number of para-hydroxylation sites is 1. The van der Waals surface area contributed by atoms with E-state index in [1.54, 1.807) is 24.3 Å². The number of hydrogen-bond donors (Lipinski definition) is 2. The van der Waals surface area contributed by atoms with Crippen LogP contribution in [0.15, 0.2) is 24.3 Å². The van der Waals surface area contributed by atoms with E-state index in [0.717, 1.165) is 25.7 Å². The summed E-state index contributed by atoms with van der Waals surface area (Å²) < 4.78 is 5.35. The van der Waals surface area contributed by atoms with Crippen LogP contribution in [0, 0.1) is 11.3 Å². The summed E-state index contributed by atoms with van der Waals surface area (Å²) in [7, 11) is 0. The maximum Gasteiger partial charge on any atom is 0.258 e. The lowest BCUT2D eigenvalue weighted by Gasteiger charge is -2.28. The second-order valence-corrected chi connectivity index (χ2v) is 4.92. The highest BCUT2D eigenvalue weighted by Gasteiger charge is 2.24. The Morgan fingerprint density at radius 1 is 1.40 bits per heavy atom. The predicted octanol–water partition coefficient (Wildman–Crippen LogP) is 1.36. The minimum absolute atomic E-state index is 0.151. The fraction of sp³-hybridized carbons (Fsp3) is 0.467. The van der Waals surface area contributed by atoms with Gasteiger partial charge < -0.3 is 15.2 Å². The molecule has 2 atom stereocenters. The maximum absolute atomic E-state index is 11.8. The van der Waals surface area contributed by atoms with Gasteiger partial charge in [-0.1, -0.05) is 25.0 Å². The quantitative estimate of drug-likeness (QED) is 0.868. The topological polar surface area (TPSA) is 82.3 Å². The number of nitriles is 1. The van der Waals surface area contributed by atoms with Gasteiger partial charge in [0.15, 0.2) is 6.61 Å². The largest absolute Gasteiger partial charge is 0.482 e. The first-order chi connectivity index (χ1) is 9.70. The van der Waals surface area contributed by atoms with Gasteiger partial charge in [0.05, 0.1) is 17.7 Å². The molecule has 1 aromatic carbocycles. The summed E-state index contributed by atoms with van der Waals surface area (Å²) in [5, 5.41) is 21.5. The normalized spacial score (nSPS) is 21.8. The first-order valence-corrected chi connectivity index (χ1v) is 6.80. The number of ether oxygens (including phenoxy) is 1. The van der Waals surface area contributed by atoms with E-state index in [1.165, 1.54) is 0 Å². The fourth-order valence-electron chi connectivity index (χ4n) is 2.36. The van der Waals surface area contributed by atoms with Crippen LogP contribution < -0.4 is 10.1 Å². The summed E-state index contributed by atoms with van der Waals surface area (Å²) in [6.45, 7) is -0.151. The minimum Gasteiger partial charge on any atom is -0.482 e. The summed E-state index contributed by atoms with van der Waals surface area (Å²) in [6, 6.07) is 8.60. The van der Waals surface area contributed by atoms with Crippen molar-refractivity contribution < 1.29 is 14.6 Å². The summed E-state index contributed by atoms with van der Waals surface area (Å²) in [5.41, 5.74) is 0.401. The van der Waals surface area contributed by atoms with Gasteiger partial charge in [-0.3, -0.25) is 4.79 Å². The van der Waals surface area contributed by atoms with Crippen molar-refractivity contribution in [2.24, 2.45) is 0 Å². The Hall–Kier alpha value is -2.06. The monoisotopic (exact) mass is 274 g/mol. The number of carbonyl (C=O) groups excluding carboxylic acids is 1. The second kappa shape index (κ2) is 6.92. The highest BCUT2D eigenvalue weighted by molar-refractivity contribution is 5.78. The molecule has 0 saturated heterocycles. The van der Waals surface area contributed by atoms with E-state index in [2.05, 4.69) is 5.32 Å². The second-order valence-electron chi connectivity index (χ2n) is 4.92. The van der Waals surface area contributed by atoms with Crippen LogP contribution in [0.4, 0.5) is 0 Å². The first kappa shape index (κ1) is 14.4. The van der Waals surface area contributed by atoms with Crippen molar-refractivity contribution in [2.45, 2.75) is 37.8 Å². The lowest BCUT2D eigenvalue weighted by atomic mass is 9.92. The molecule has 0 heterocycles. The number of amides is 1. The average molecular weight is 274 g/mol. The maximum atomic E-state index is 11.8. The fourth-order valence-corrected chi connectivity index (χ4v) is 2.36. The zero-order valence-corrected chi connectivity index (χ0v) is 11.2. The minimum atomic E-state index is -0.473. The van der Waals surface area contributed by atoms with Crippen LogP contribution in [0.1, 0.15) is 31.2 Å². The number of hydrogen-bond acceptors (Lipinski definition) is 4. The van der Waals surface area contributed by atoms with Crippen LogP contribution in [-0.4, -0.2) is 29.8 Å². The number of rotatable bonds is 4. The molecule has 0 radical (unpaired) electrons. The Morgan fingerprint density at radius 2 is 2.15 bits per heavy atom. The molecule has 1 saturated carbocycles. The van der Waals surface area contributed by atoms with Crippen molar-refractivity contribution in [3.63, 3.8) is 0 Å². The van der Waals surface area contributed by atoms with Gasteiger partial charge in [-0.25, -0.2) is 0 Å². The molecule has 1 aromatic rings. The van der Waals surface area contributed by atoms with Crippen molar-refractivity contribution in [2.75, 3.05) is 6.61 Å². The van der Waals surface area contributed by atoms with Gasteiger partial charge in [-0.05, 0) is 25.0 Å². The van der Waals surface area contributed by atoms with Crippen molar-refractivity contribution in [3.8, 4) is 11.8 Å². The number of carbonyl (C=O) groups is 1. The predicted molar refractivity (Wildman–Crippen MR) is 73.1 cm³/mol. The number of aliphatic hydroxyl groups is 1. The number of nitrogens with one attached hydrogen (secondary N) is 1. The summed E-state index contributed by atoms with van der Waals surface area (Å²) in [6.07, 6.45) is 3.06.